The molecule has 0 aliphatic carbocycles. The molecule has 2 amide bonds. The van der Waals surface area contributed by atoms with Crippen LogP contribution in [0, 0.1) is 17.2 Å². The van der Waals surface area contributed by atoms with Gasteiger partial charge >= 0.3 is 0 Å². The summed E-state index contributed by atoms with van der Waals surface area (Å²) in [5.74, 6) is -0.303. The number of carbonyl (C=O) groups is 2. The number of hydrogen-bond acceptors (Lipinski definition) is 4. The van der Waals surface area contributed by atoms with Crippen molar-refractivity contribution >= 4 is 11.8 Å². The zero-order valence-corrected chi connectivity index (χ0v) is 14.2. The van der Waals surface area contributed by atoms with Gasteiger partial charge < -0.3 is 10.6 Å². The number of nitriles is 1. The molecule has 0 aromatic heterocycles. The summed E-state index contributed by atoms with van der Waals surface area (Å²) in [5.41, 5.74) is 7.02. The Hall–Kier alpha value is -2.39. The van der Waals surface area contributed by atoms with E-state index < -0.39 is 0 Å². The molecule has 6 heteroatoms. The summed E-state index contributed by atoms with van der Waals surface area (Å²) in [6.45, 7) is 3.70. The van der Waals surface area contributed by atoms with Crippen LogP contribution in [0.2, 0.25) is 0 Å². The van der Waals surface area contributed by atoms with Gasteiger partial charge in [0.1, 0.15) is 0 Å². The van der Waals surface area contributed by atoms with E-state index in [1.54, 1.807) is 12.1 Å². The number of primary amides is 1. The van der Waals surface area contributed by atoms with Crippen molar-refractivity contribution in [3.63, 3.8) is 0 Å². The van der Waals surface area contributed by atoms with Crippen LogP contribution >= 0.6 is 0 Å². The predicted molar refractivity (Wildman–Crippen MR) is 90.6 cm³/mol. The molecule has 128 valence electrons. The lowest BCUT2D eigenvalue weighted by atomic mass is 9.96. The highest BCUT2D eigenvalue weighted by molar-refractivity contribution is 5.82. The van der Waals surface area contributed by atoms with Crippen molar-refractivity contribution in [1.29, 1.82) is 5.26 Å². The second-order valence-electron chi connectivity index (χ2n) is 6.40. The third kappa shape index (κ3) is 4.33. The van der Waals surface area contributed by atoms with Crippen LogP contribution in [-0.2, 0) is 16.1 Å². The number of likely N-dealkylation sites (N-methyl/N-ethyl adjacent to an activating group) is 1. The molecule has 1 aliphatic heterocycles. The highest BCUT2D eigenvalue weighted by atomic mass is 16.2. The van der Waals surface area contributed by atoms with E-state index in [-0.39, 0.29) is 23.8 Å². The Morgan fingerprint density at radius 1 is 1.33 bits per heavy atom. The summed E-state index contributed by atoms with van der Waals surface area (Å²) < 4.78 is 0. The molecule has 1 atom stereocenters. The minimum absolute atomic E-state index is 0.0778. The molecule has 1 aromatic rings. The summed E-state index contributed by atoms with van der Waals surface area (Å²) in [4.78, 5) is 27.7. The van der Waals surface area contributed by atoms with Gasteiger partial charge in [-0.3, -0.25) is 14.5 Å². The Bertz CT molecular complexity index is 627. The first-order valence-electron chi connectivity index (χ1n) is 8.19. The number of piperidine rings is 1. The summed E-state index contributed by atoms with van der Waals surface area (Å²) in [6.07, 6.45) is 1.29. The van der Waals surface area contributed by atoms with E-state index in [4.69, 9.17) is 11.0 Å². The molecule has 24 heavy (non-hydrogen) atoms. The molecule has 0 unspecified atom stereocenters. The maximum atomic E-state index is 12.6. The number of benzene rings is 1. The van der Waals surface area contributed by atoms with Crippen molar-refractivity contribution < 1.29 is 9.59 Å². The molecule has 0 spiro atoms. The van der Waals surface area contributed by atoms with Crippen LogP contribution in [0.15, 0.2) is 24.3 Å². The molecule has 1 aromatic carbocycles. The van der Waals surface area contributed by atoms with Gasteiger partial charge in [0.05, 0.1) is 17.7 Å². The van der Waals surface area contributed by atoms with Gasteiger partial charge in [-0.15, -0.1) is 0 Å². The van der Waals surface area contributed by atoms with Gasteiger partial charge in [-0.1, -0.05) is 12.1 Å². The second-order valence-corrected chi connectivity index (χ2v) is 6.40. The van der Waals surface area contributed by atoms with Crippen molar-refractivity contribution in [2.45, 2.75) is 32.4 Å². The molecule has 6 nitrogen and oxygen atoms in total. The van der Waals surface area contributed by atoms with E-state index in [2.05, 4.69) is 6.07 Å². The van der Waals surface area contributed by atoms with Gasteiger partial charge in [-0.05, 0) is 44.5 Å². The molecule has 2 rings (SSSR count). The Balaban J connectivity index is 1.90. The monoisotopic (exact) mass is 328 g/mol. The first-order chi connectivity index (χ1) is 11.4. The quantitative estimate of drug-likeness (QED) is 0.876. The average Bonchev–Trinajstić information content (AvgIpc) is 2.61. The van der Waals surface area contributed by atoms with Crippen LogP contribution in [0.25, 0.3) is 0 Å². The number of carbonyl (C=O) groups excluding carboxylic acids is 2. The maximum Gasteiger partial charge on any atom is 0.239 e. The smallest absolute Gasteiger partial charge is 0.239 e. The third-order valence-corrected chi connectivity index (χ3v) is 4.74. The van der Waals surface area contributed by atoms with Crippen LogP contribution in [0.5, 0.6) is 0 Å². The van der Waals surface area contributed by atoms with Gasteiger partial charge in [0, 0.05) is 25.6 Å². The average molecular weight is 328 g/mol. The Morgan fingerprint density at radius 3 is 2.42 bits per heavy atom. The van der Waals surface area contributed by atoms with Crippen molar-refractivity contribution in [3.05, 3.63) is 35.4 Å². The minimum Gasteiger partial charge on any atom is -0.369 e. The fourth-order valence-corrected chi connectivity index (χ4v) is 2.95. The van der Waals surface area contributed by atoms with Crippen LogP contribution in [0.1, 0.15) is 30.9 Å². The molecule has 0 bridgehead atoms. The van der Waals surface area contributed by atoms with Crippen molar-refractivity contribution in [2.75, 3.05) is 20.1 Å². The lowest BCUT2D eigenvalue weighted by molar-refractivity contribution is -0.139. The minimum atomic E-state index is -0.270. The standard InChI is InChI=1S/C18H24N4O2/c1-13(18(24)22-9-7-16(8-10-22)17(20)23)21(2)12-15-5-3-14(11-19)4-6-15/h3-6,13,16H,7-10,12H2,1-2H3,(H2,20,23)/t13-/m1/s1. The molecule has 1 aliphatic rings. The van der Waals surface area contributed by atoms with Crippen molar-refractivity contribution in [1.82, 2.24) is 9.80 Å². The van der Waals surface area contributed by atoms with E-state index in [1.165, 1.54) is 0 Å². The SMILES string of the molecule is C[C@H](C(=O)N1CCC(C(N)=O)CC1)N(C)Cc1ccc(C#N)cc1. The van der Waals surface area contributed by atoms with E-state index in [0.717, 1.165) is 5.56 Å². The number of nitrogens with two attached hydrogens (primary N) is 1. The van der Waals surface area contributed by atoms with Crippen LogP contribution < -0.4 is 5.73 Å². The second kappa shape index (κ2) is 7.93. The molecule has 0 saturated carbocycles. The first kappa shape index (κ1) is 18.0. The lowest BCUT2D eigenvalue weighted by Gasteiger charge is -2.34. The summed E-state index contributed by atoms with van der Waals surface area (Å²) in [6, 6.07) is 9.23. The van der Waals surface area contributed by atoms with Crippen molar-refractivity contribution in [2.24, 2.45) is 11.7 Å². The van der Waals surface area contributed by atoms with Gasteiger partial charge in [0.2, 0.25) is 11.8 Å². The summed E-state index contributed by atoms with van der Waals surface area (Å²) >= 11 is 0. The van der Waals surface area contributed by atoms with Gasteiger partial charge in [0.25, 0.3) is 0 Å². The van der Waals surface area contributed by atoms with Gasteiger partial charge in [-0.2, -0.15) is 5.26 Å². The molecule has 1 fully saturated rings. The van der Waals surface area contributed by atoms with E-state index in [9.17, 15) is 9.59 Å². The molecule has 0 radical (unpaired) electrons. The Labute approximate surface area is 142 Å². The number of rotatable bonds is 5. The van der Waals surface area contributed by atoms with E-state index in [0.29, 0.717) is 38.0 Å². The van der Waals surface area contributed by atoms with E-state index in [1.807, 2.05) is 35.9 Å². The molecular weight excluding hydrogens is 304 g/mol. The zero-order chi connectivity index (χ0) is 17.7. The predicted octanol–water partition coefficient (Wildman–Crippen LogP) is 1.10. The van der Waals surface area contributed by atoms with Crippen molar-refractivity contribution in [3.8, 4) is 6.07 Å². The maximum absolute atomic E-state index is 12.6. The number of hydrogen-bond donors (Lipinski definition) is 1. The first-order valence-corrected chi connectivity index (χ1v) is 8.19. The summed E-state index contributed by atoms with van der Waals surface area (Å²) in [7, 11) is 1.91. The molecular formula is C18H24N4O2. The topological polar surface area (TPSA) is 90.4 Å². The van der Waals surface area contributed by atoms with Crippen LogP contribution in [0.4, 0.5) is 0 Å². The Kier molecular flexibility index (Phi) is 5.93. The number of likely N-dealkylation sites (tertiary alicyclic amines) is 1. The number of amides is 2. The lowest BCUT2D eigenvalue weighted by Crippen LogP contribution is -2.49. The molecule has 1 heterocycles. The summed E-state index contributed by atoms with van der Waals surface area (Å²) in [5, 5.41) is 8.83. The highest BCUT2D eigenvalue weighted by Gasteiger charge is 2.29. The fourth-order valence-electron chi connectivity index (χ4n) is 2.95. The fraction of sp³-hybridized carbons (Fsp3) is 0.500. The van der Waals surface area contributed by atoms with Gasteiger partial charge in [-0.25, -0.2) is 0 Å². The van der Waals surface area contributed by atoms with Crippen LogP contribution in [0.3, 0.4) is 0 Å². The molecule has 2 N–H and O–H groups in total. The normalized spacial score (nSPS) is 16.7. The highest BCUT2D eigenvalue weighted by Crippen LogP contribution is 2.18. The third-order valence-electron chi connectivity index (χ3n) is 4.74. The van der Waals surface area contributed by atoms with Crippen LogP contribution in [-0.4, -0.2) is 47.8 Å². The largest absolute Gasteiger partial charge is 0.369 e. The van der Waals surface area contributed by atoms with E-state index >= 15 is 0 Å². The van der Waals surface area contributed by atoms with Gasteiger partial charge in [0.15, 0.2) is 0 Å². The molecule has 1 saturated heterocycles. The zero-order valence-electron chi connectivity index (χ0n) is 14.2. The Morgan fingerprint density at radius 2 is 1.92 bits per heavy atom. The number of nitrogens with zero attached hydrogens (tertiary/aromatic N) is 3.